The van der Waals surface area contributed by atoms with Gasteiger partial charge in [-0.2, -0.15) is 0 Å². The average molecular weight is 257 g/mol. The summed E-state index contributed by atoms with van der Waals surface area (Å²) >= 11 is 15.7. The summed E-state index contributed by atoms with van der Waals surface area (Å²) in [5.74, 6) is 0. The molecule has 0 rings (SSSR count). The van der Waals surface area contributed by atoms with Gasteiger partial charge in [-0.15, -0.1) is 37.2 Å². The van der Waals surface area contributed by atoms with Crippen molar-refractivity contribution >= 4 is 72.0 Å². The van der Waals surface area contributed by atoms with Crippen LogP contribution in [0.2, 0.25) is 0 Å². The first-order valence-corrected chi connectivity index (χ1v) is 2.76. The maximum Gasteiger partial charge on any atom is 0.190 e. The molecular formula is C3H8Cl6. The first kappa shape index (κ1) is 22.4. The van der Waals surface area contributed by atoms with E-state index in [2.05, 4.69) is 0 Å². The van der Waals surface area contributed by atoms with Gasteiger partial charge in [-0.1, -0.05) is 41.7 Å². The van der Waals surface area contributed by atoms with Gasteiger partial charge in [0, 0.05) is 0 Å². The molecule has 0 amide bonds. The highest BCUT2D eigenvalue weighted by Crippen LogP contribution is 2.28. The van der Waals surface area contributed by atoms with Crippen LogP contribution in [0.1, 0.15) is 13.3 Å². The number of halogens is 6. The first-order valence-electron chi connectivity index (χ1n) is 1.63. The standard InChI is InChI=1S/C3H5Cl3.3ClH/c1-2-3(4,5)6;;;/h2H2,1H3;3*1H. The van der Waals surface area contributed by atoms with Gasteiger partial charge in [-0.25, -0.2) is 0 Å². The second-order valence-electron chi connectivity index (χ2n) is 0.969. The summed E-state index contributed by atoms with van der Waals surface area (Å²) in [5.41, 5.74) is 0. The third kappa shape index (κ3) is 26.0. The fraction of sp³-hybridized carbons (Fsp3) is 1.00. The van der Waals surface area contributed by atoms with Crippen LogP contribution in [-0.2, 0) is 0 Å². The lowest BCUT2D eigenvalue weighted by molar-refractivity contribution is 0.974. The Morgan fingerprint density at radius 3 is 1.11 bits per heavy atom. The molecule has 0 saturated carbocycles. The number of rotatable bonds is 0. The summed E-state index contributed by atoms with van der Waals surface area (Å²) in [6.07, 6.45) is 0.567. The maximum absolute atomic E-state index is 5.25. The molecule has 0 atom stereocenters. The molecule has 0 N–H and O–H groups in total. The lowest BCUT2D eigenvalue weighted by Crippen LogP contribution is -1.95. The van der Waals surface area contributed by atoms with E-state index < -0.39 is 3.79 Å². The zero-order valence-corrected chi connectivity index (χ0v) is 9.28. The molecule has 0 radical (unpaired) electrons. The first-order chi connectivity index (χ1) is 2.56. The van der Waals surface area contributed by atoms with E-state index in [-0.39, 0.29) is 37.2 Å². The Balaban J connectivity index is -0.0000000417. The van der Waals surface area contributed by atoms with E-state index in [1.165, 1.54) is 0 Å². The van der Waals surface area contributed by atoms with Crippen LogP contribution in [0.5, 0.6) is 0 Å². The van der Waals surface area contributed by atoms with Crippen LogP contribution in [0, 0.1) is 0 Å². The molecule has 0 aromatic carbocycles. The van der Waals surface area contributed by atoms with Crippen molar-refractivity contribution in [1.29, 1.82) is 0 Å². The SMILES string of the molecule is CCC(Cl)(Cl)Cl.Cl.Cl.Cl. The number of hydrogen-bond donors (Lipinski definition) is 0. The third-order valence-electron chi connectivity index (χ3n) is 0.401. The largest absolute Gasteiger partial charge is 0.190 e. The third-order valence-corrected chi connectivity index (χ3v) is 1.20. The Morgan fingerprint density at radius 1 is 1.00 bits per heavy atom. The van der Waals surface area contributed by atoms with E-state index in [1.54, 1.807) is 0 Å². The van der Waals surface area contributed by atoms with Gasteiger partial charge in [0.05, 0.1) is 0 Å². The van der Waals surface area contributed by atoms with E-state index in [9.17, 15) is 0 Å². The molecule has 0 spiro atoms. The summed E-state index contributed by atoms with van der Waals surface area (Å²) in [6.45, 7) is 1.81. The maximum atomic E-state index is 5.25. The van der Waals surface area contributed by atoms with Crippen LogP contribution < -0.4 is 0 Å². The van der Waals surface area contributed by atoms with Crippen molar-refractivity contribution in [2.24, 2.45) is 0 Å². The van der Waals surface area contributed by atoms with E-state index in [0.717, 1.165) is 0 Å². The van der Waals surface area contributed by atoms with Crippen LogP contribution in [0.3, 0.4) is 0 Å². The van der Waals surface area contributed by atoms with Crippen LogP contribution in [-0.4, -0.2) is 3.79 Å². The highest BCUT2D eigenvalue weighted by atomic mass is 35.6. The van der Waals surface area contributed by atoms with Gasteiger partial charge in [-0.05, 0) is 6.42 Å². The van der Waals surface area contributed by atoms with Crippen molar-refractivity contribution in [1.82, 2.24) is 0 Å². The number of hydrogen-bond acceptors (Lipinski definition) is 0. The molecular weight excluding hydrogens is 249 g/mol. The minimum Gasteiger partial charge on any atom is -0.147 e. The van der Waals surface area contributed by atoms with Gasteiger partial charge in [0.2, 0.25) is 0 Å². The van der Waals surface area contributed by atoms with Gasteiger partial charge < -0.3 is 0 Å². The Bertz CT molecular complexity index is 38.1. The Hall–Kier alpha value is 1.74. The second kappa shape index (κ2) is 9.74. The molecule has 62 valence electrons. The number of alkyl halides is 3. The van der Waals surface area contributed by atoms with Crippen molar-refractivity contribution in [3.63, 3.8) is 0 Å². The average Bonchev–Trinajstić information content (AvgIpc) is 1.35. The van der Waals surface area contributed by atoms with Crippen molar-refractivity contribution < 1.29 is 0 Å². The molecule has 0 aliphatic rings. The Labute approximate surface area is 88.8 Å². The minimum atomic E-state index is -1.04. The topological polar surface area (TPSA) is 0 Å². The summed E-state index contributed by atoms with van der Waals surface area (Å²) in [4.78, 5) is 0. The quantitative estimate of drug-likeness (QED) is 0.574. The van der Waals surface area contributed by atoms with E-state index in [0.29, 0.717) is 6.42 Å². The smallest absolute Gasteiger partial charge is 0.147 e. The van der Waals surface area contributed by atoms with Gasteiger partial charge in [0.1, 0.15) is 0 Å². The monoisotopic (exact) mass is 254 g/mol. The van der Waals surface area contributed by atoms with Crippen LogP contribution in [0.15, 0.2) is 0 Å². The lowest BCUT2D eigenvalue weighted by atomic mass is 10.6. The Kier molecular flexibility index (Phi) is 24.3. The lowest BCUT2D eigenvalue weighted by Gasteiger charge is -2.02. The van der Waals surface area contributed by atoms with Gasteiger partial charge >= 0.3 is 0 Å². The van der Waals surface area contributed by atoms with Crippen molar-refractivity contribution in [2.75, 3.05) is 0 Å². The predicted octanol–water partition coefficient (Wildman–Crippen LogP) is 4.03. The molecule has 0 bridgehead atoms. The summed E-state index contributed by atoms with van der Waals surface area (Å²) < 4.78 is -1.04. The summed E-state index contributed by atoms with van der Waals surface area (Å²) in [5, 5.41) is 0. The predicted molar refractivity (Wildman–Crippen MR) is 52.3 cm³/mol. The molecule has 0 aromatic heterocycles. The molecule has 0 aliphatic heterocycles. The highest BCUT2D eigenvalue weighted by Gasteiger charge is 2.14. The normalized spacial score (nSPS) is 8.00. The minimum absolute atomic E-state index is 0. The molecule has 0 fully saturated rings. The second-order valence-corrected chi connectivity index (χ2v) is 3.48. The van der Waals surface area contributed by atoms with E-state index >= 15 is 0 Å². The molecule has 6 heteroatoms. The van der Waals surface area contributed by atoms with E-state index in [1.807, 2.05) is 6.92 Å². The van der Waals surface area contributed by atoms with Gasteiger partial charge in [-0.3, -0.25) is 0 Å². The highest BCUT2D eigenvalue weighted by molar-refractivity contribution is 6.67. The van der Waals surface area contributed by atoms with Crippen molar-refractivity contribution in [3.8, 4) is 0 Å². The summed E-state index contributed by atoms with van der Waals surface area (Å²) in [7, 11) is 0. The van der Waals surface area contributed by atoms with Gasteiger partial charge in [0.25, 0.3) is 0 Å². The van der Waals surface area contributed by atoms with Crippen LogP contribution in [0.25, 0.3) is 0 Å². The zero-order valence-electron chi connectivity index (χ0n) is 4.57. The molecule has 0 aliphatic carbocycles. The molecule has 9 heavy (non-hydrogen) atoms. The van der Waals surface area contributed by atoms with Crippen molar-refractivity contribution in [2.45, 2.75) is 17.1 Å². The Morgan fingerprint density at radius 2 is 1.11 bits per heavy atom. The molecule has 0 saturated heterocycles. The zero-order chi connectivity index (χ0) is 5.21. The molecule has 0 aromatic rings. The van der Waals surface area contributed by atoms with Crippen LogP contribution >= 0.6 is 72.0 Å². The van der Waals surface area contributed by atoms with Crippen molar-refractivity contribution in [3.05, 3.63) is 0 Å². The molecule has 0 nitrogen and oxygen atoms in total. The fourth-order valence-electron chi connectivity index (χ4n) is 0. The van der Waals surface area contributed by atoms with E-state index in [4.69, 9.17) is 34.8 Å². The van der Waals surface area contributed by atoms with Crippen LogP contribution in [0.4, 0.5) is 0 Å². The molecule has 0 unspecified atom stereocenters. The molecule has 0 heterocycles. The summed E-state index contributed by atoms with van der Waals surface area (Å²) in [6, 6.07) is 0. The fourth-order valence-corrected chi connectivity index (χ4v) is 0. The van der Waals surface area contributed by atoms with Gasteiger partial charge in [0.15, 0.2) is 3.79 Å².